The minimum absolute atomic E-state index is 0.00687. The molecule has 0 amide bonds. The second-order valence-corrected chi connectivity index (χ2v) is 3.27. The summed E-state index contributed by atoms with van der Waals surface area (Å²) in [4.78, 5) is 11.1. The predicted molar refractivity (Wildman–Crippen MR) is 46.6 cm³/mol. The number of halogens is 1. The molecule has 0 bridgehead atoms. The van der Waals surface area contributed by atoms with Crippen LogP contribution in [-0.2, 0) is 10.4 Å². The summed E-state index contributed by atoms with van der Waals surface area (Å²) in [7, 11) is 0. The number of aromatic nitrogens is 1. The molecule has 1 aromatic heterocycles. The lowest BCUT2D eigenvalue weighted by Gasteiger charge is -2.07. The van der Waals surface area contributed by atoms with Gasteiger partial charge in [0.2, 0.25) is 0 Å². The van der Waals surface area contributed by atoms with Gasteiger partial charge in [-0.2, -0.15) is 0 Å². The molecular weight excluding hydrogens is 189 g/mol. The van der Waals surface area contributed by atoms with Crippen LogP contribution >= 0.6 is 0 Å². The molecule has 0 aromatic carbocycles. The number of esters is 1. The molecule has 0 saturated carbocycles. The first-order valence-electron chi connectivity index (χ1n) is 4.28. The summed E-state index contributed by atoms with van der Waals surface area (Å²) in [6, 6.07) is 1.25. The first kappa shape index (κ1) is 10.7. The van der Waals surface area contributed by atoms with Gasteiger partial charge in [-0.15, -0.1) is 0 Å². The van der Waals surface area contributed by atoms with Crippen LogP contribution in [-0.4, -0.2) is 17.7 Å². The molecule has 1 heterocycles. The number of ether oxygens (including phenoxy) is 1. The van der Waals surface area contributed by atoms with Crippen LogP contribution < -0.4 is 0 Å². The lowest BCUT2D eigenvalue weighted by atomic mass is 10.1. The molecule has 4 nitrogen and oxygen atoms in total. The highest BCUT2D eigenvalue weighted by atomic mass is 19.1. The Kier molecular flexibility index (Phi) is 2.88. The van der Waals surface area contributed by atoms with E-state index in [0.29, 0.717) is 0 Å². The van der Waals surface area contributed by atoms with Crippen molar-refractivity contribution in [1.82, 2.24) is 5.16 Å². The van der Waals surface area contributed by atoms with Gasteiger partial charge in [0, 0.05) is 6.07 Å². The monoisotopic (exact) mass is 201 g/mol. The smallest absolute Gasteiger partial charge is 0.360 e. The fraction of sp³-hybridized carbons (Fsp3) is 0.556. The standard InChI is InChI=1S/C9H12FNO3/c1-4-13-8(12)6-5-7(14-11-6)9(2,3)10/h5H,4H2,1-3H3. The molecule has 78 valence electrons. The normalized spacial score (nSPS) is 11.4. The van der Waals surface area contributed by atoms with Crippen molar-refractivity contribution in [2.24, 2.45) is 0 Å². The Morgan fingerprint density at radius 3 is 2.79 bits per heavy atom. The summed E-state index contributed by atoms with van der Waals surface area (Å²) in [5.41, 5.74) is -1.65. The van der Waals surface area contributed by atoms with E-state index in [9.17, 15) is 9.18 Å². The summed E-state index contributed by atoms with van der Waals surface area (Å²) in [6.07, 6.45) is 0. The van der Waals surface area contributed by atoms with E-state index >= 15 is 0 Å². The molecule has 14 heavy (non-hydrogen) atoms. The molecule has 0 saturated heterocycles. The van der Waals surface area contributed by atoms with Gasteiger partial charge in [-0.1, -0.05) is 5.16 Å². The third kappa shape index (κ3) is 2.31. The van der Waals surface area contributed by atoms with Gasteiger partial charge >= 0.3 is 5.97 Å². The Bertz CT molecular complexity index is 327. The average molecular weight is 201 g/mol. The Morgan fingerprint density at radius 1 is 1.71 bits per heavy atom. The number of alkyl halides is 1. The van der Waals surface area contributed by atoms with Crippen molar-refractivity contribution in [2.45, 2.75) is 26.4 Å². The largest absolute Gasteiger partial charge is 0.461 e. The van der Waals surface area contributed by atoms with Gasteiger partial charge in [-0.3, -0.25) is 0 Å². The summed E-state index contributed by atoms with van der Waals surface area (Å²) in [5.74, 6) is -0.590. The van der Waals surface area contributed by atoms with Crippen LogP contribution in [0.25, 0.3) is 0 Å². The van der Waals surface area contributed by atoms with Crippen molar-refractivity contribution < 1.29 is 18.4 Å². The van der Waals surface area contributed by atoms with E-state index in [0.717, 1.165) is 0 Å². The van der Waals surface area contributed by atoms with Crippen molar-refractivity contribution in [2.75, 3.05) is 6.61 Å². The third-order valence-electron chi connectivity index (χ3n) is 1.58. The van der Waals surface area contributed by atoms with Crippen LogP contribution in [0.4, 0.5) is 4.39 Å². The molecule has 1 rings (SSSR count). The van der Waals surface area contributed by atoms with Crippen LogP contribution in [0.5, 0.6) is 0 Å². The van der Waals surface area contributed by atoms with Gasteiger partial charge in [0.25, 0.3) is 0 Å². The summed E-state index contributed by atoms with van der Waals surface area (Å²) in [6.45, 7) is 4.57. The molecule has 0 atom stereocenters. The third-order valence-corrected chi connectivity index (χ3v) is 1.58. The molecule has 1 aromatic rings. The van der Waals surface area contributed by atoms with Gasteiger partial charge in [0.15, 0.2) is 17.1 Å². The molecule has 0 fully saturated rings. The van der Waals surface area contributed by atoms with Crippen LogP contribution in [0.15, 0.2) is 10.6 Å². The Morgan fingerprint density at radius 2 is 2.36 bits per heavy atom. The Hall–Kier alpha value is -1.39. The highest BCUT2D eigenvalue weighted by Crippen LogP contribution is 2.24. The van der Waals surface area contributed by atoms with Crippen molar-refractivity contribution in [3.63, 3.8) is 0 Å². The summed E-state index contributed by atoms with van der Waals surface area (Å²) >= 11 is 0. The van der Waals surface area contributed by atoms with Crippen LogP contribution in [0.3, 0.4) is 0 Å². The molecule has 0 radical (unpaired) electrons. The van der Waals surface area contributed by atoms with Crippen molar-refractivity contribution in [3.05, 3.63) is 17.5 Å². The first-order valence-corrected chi connectivity index (χ1v) is 4.28. The van der Waals surface area contributed by atoms with E-state index in [2.05, 4.69) is 14.4 Å². The van der Waals surface area contributed by atoms with Crippen LogP contribution in [0, 0.1) is 0 Å². The number of nitrogens with zero attached hydrogens (tertiary/aromatic N) is 1. The van der Waals surface area contributed by atoms with E-state index in [1.165, 1.54) is 19.9 Å². The minimum Gasteiger partial charge on any atom is -0.461 e. The fourth-order valence-electron chi connectivity index (χ4n) is 0.857. The second-order valence-electron chi connectivity index (χ2n) is 3.27. The molecule has 0 spiro atoms. The zero-order valence-electron chi connectivity index (χ0n) is 8.33. The molecule has 0 aliphatic carbocycles. The van der Waals surface area contributed by atoms with E-state index in [1.54, 1.807) is 6.92 Å². The quantitative estimate of drug-likeness (QED) is 0.702. The van der Waals surface area contributed by atoms with Crippen molar-refractivity contribution in [3.8, 4) is 0 Å². The highest BCUT2D eigenvalue weighted by molar-refractivity contribution is 5.87. The maximum Gasteiger partial charge on any atom is 0.360 e. The van der Waals surface area contributed by atoms with E-state index < -0.39 is 11.6 Å². The minimum atomic E-state index is -1.64. The highest BCUT2D eigenvalue weighted by Gasteiger charge is 2.26. The number of carbonyl (C=O) groups excluding carboxylic acids is 1. The van der Waals surface area contributed by atoms with Gasteiger partial charge in [0.05, 0.1) is 6.61 Å². The van der Waals surface area contributed by atoms with Crippen LogP contribution in [0.2, 0.25) is 0 Å². The molecule has 0 unspecified atom stereocenters. The topological polar surface area (TPSA) is 52.3 Å². The van der Waals surface area contributed by atoms with Crippen molar-refractivity contribution >= 4 is 5.97 Å². The number of carbonyl (C=O) groups is 1. The average Bonchev–Trinajstić information content (AvgIpc) is 2.51. The zero-order chi connectivity index (χ0) is 10.8. The maximum absolute atomic E-state index is 13.3. The van der Waals surface area contributed by atoms with Crippen LogP contribution in [0.1, 0.15) is 37.0 Å². The summed E-state index contributed by atoms with van der Waals surface area (Å²) < 4.78 is 22.6. The lowest BCUT2D eigenvalue weighted by Crippen LogP contribution is -2.08. The Balaban J connectivity index is 2.83. The van der Waals surface area contributed by atoms with E-state index in [4.69, 9.17) is 0 Å². The van der Waals surface area contributed by atoms with Gasteiger partial charge in [-0.05, 0) is 20.8 Å². The number of hydrogen-bond donors (Lipinski definition) is 0. The van der Waals surface area contributed by atoms with E-state index in [-0.39, 0.29) is 18.1 Å². The molecule has 0 aliphatic heterocycles. The summed E-state index contributed by atoms with van der Waals surface area (Å²) in [5, 5.41) is 3.41. The fourth-order valence-corrected chi connectivity index (χ4v) is 0.857. The zero-order valence-corrected chi connectivity index (χ0v) is 8.33. The molecule has 0 aliphatic rings. The SMILES string of the molecule is CCOC(=O)c1cc(C(C)(C)F)on1. The first-order chi connectivity index (χ1) is 6.45. The van der Waals surface area contributed by atoms with E-state index in [1.807, 2.05) is 0 Å². The van der Waals surface area contributed by atoms with Gasteiger partial charge < -0.3 is 9.26 Å². The molecule has 5 heteroatoms. The van der Waals surface area contributed by atoms with Crippen molar-refractivity contribution in [1.29, 1.82) is 0 Å². The van der Waals surface area contributed by atoms with Gasteiger partial charge in [0.1, 0.15) is 0 Å². The molecule has 0 N–H and O–H groups in total. The maximum atomic E-state index is 13.3. The number of hydrogen-bond acceptors (Lipinski definition) is 4. The molecular formula is C9H12FNO3. The Labute approximate surface area is 81.0 Å². The lowest BCUT2D eigenvalue weighted by molar-refractivity contribution is 0.0513. The predicted octanol–water partition coefficient (Wildman–Crippen LogP) is 2.06. The number of rotatable bonds is 3. The van der Waals surface area contributed by atoms with Gasteiger partial charge in [-0.25, -0.2) is 9.18 Å². The second kappa shape index (κ2) is 3.77.